The fourth-order valence-electron chi connectivity index (χ4n) is 3.43. The maximum absolute atomic E-state index is 14.8. The largest absolute Gasteiger partial charge is 0.449 e. The van der Waals surface area contributed by atoms with Crippen molar-refractivity contribution in [3.63, 3.8) is 0 Å². The van der Waals surface area contributed by atoms with Crippen LogP contribution in [0.4, 0.5) is 13.6 Å². The molecule has 0 aliphatic carbocycles. The summed E-state index contributed by atoms with van der Waals surface area (Å²) in [7, 11) is 0. The molecular weight excluding hydrogens is 344 g/mol. The van der Waals surface area contributed by atoms with E-state index in [9.17, 15) is 18.7 Å². The van der Waals surface area contributed by atoms with Crippen LogP contribution in [0.3, 0.4) is 0 Å². The molecule has 3 heterocycles. The first-order chi connectivity index (χ1) is 12.3. The molecule has 0 saturated heterocycles. The van der Waals surface area contributed by atoms with Gasteiger partial charge in [-0.05, 0) is 12.8 Å². The molecule has 0 saturated carbocycles. The first-order valence-electron chi connectivity index (χ1n) is 8.88. The van der Waals surface area contributed by atoms with Gasteiger partial charge in [-0.15, -0.1) is 6.42 Å². The summed E-state index contributed by atoms with van der Waals surface area (Å²) in [5.74, 6) is -0.958. The van der Waals surface area contributed by atoms with Crippen molar-refractivity contribution in [1.82, 2.24) is 14.7 Å². The van der Waals surface area contributed by atoms with E-state index in [0.29, 0.717) is 30.8 Å². The minimum absolute atomic E-state index is 0.0275. The number of halogens is 2. The lowest BCUT2D eigenvalue weighted by molar-refractivity contribution is -0.0301. The second-order valence-corrected chi connectivity index (χ2v) is 6.95. The molecule has 26 heavy (non-hydrogen) atoms. The number of amides is 1. The van der Waals surface area contributed by atoms with Crippen LogP contribution in [-0.2, 0) is 30.2 Å². The highest BCUT2D eigenvalue weighted by Gasteiger charge is 2.46. The third-order valence-electron chi connectivity index (χ3n) is 4.96. The number of unbranched alkanes of at least 4 members (excludes halogenated alkanes) is 1. The van der Waals surface area contributed by atoms with Crippen LogP contribution in [0.25, 0.3) is 0 Å². The van der Waals surface area contributed by atoms with Gasteiger partial charge < -0.3 is 14.7 Å². The number of hydrogen-bond donors (Lipinski definition) is 1. The summed E-state index contributed by atoms with van der Waals surface area (Å²) in [6, 6.07) is 0. The number of ether oxygens (including phenoxy) is 1. The Morgan fingerprint density at radius 1 is 1.46 bits per heavy atom. The molecule has 1 unspecified atom stereocenters. The molecule has 2 aliphatic heterocycles. The van der Waals surface area contributed by atoms with E-state index >= 15 is 0 Å². The van der Waals surface area contributed by atoms with Gasteiger partial charge in [0, 0.05) is 24.9 Å². The van der Waals surface area contributed by atoms with Gasteiger partial charge in [-0.3, -0.25) is 4.68 Å². The van der Waals surface area contributed by atoms with Crippen molar-refractivity contribution in [2.24, 2.45) is 0 Å². The van der Waals surface area contributed by atoms with Gasteiger partial charge in [-0.25, -0.2) is 4.79 Å². The van der Waals surface area contributed by atoms with Gasteiger partial charge in [0.15, 0.2) is 0 Å². The number of hydrogen-bond acceptors (Lipinski definition) is 4. The number of alkyl halides is 2. The molecule has 6 nitrogen and oxygen atoms in total. The highest BCUT2D eigenvalue weighted by molar-refractivity contribution is 5.68. The van der Waals surface area contributed by atoms with Gasteiger partial charge in [-0.2, -0.15) is 13.9 Å². The van der Waals surface area contributed by atoms with Gasteiger partial charge in [0.2, 0.25) is 0 Å². The summed E-state index contributed by atoms with van der Waals surface area (Å²) in [4.78, 5) is 13.6. The first-order valence-corrected chi connectivity index (χ1v) is 8.88. The second kappa shape index (κ2) is 6.88. The average molecular weight is 367 g/mol. The standard InChI is InChI=1S/C18H23F2N3O3/c1-3-5-10-26-16(24)22-9-6-14-13(11-22)15-18(19,20)8-7-17(25,4-2)12-23(15)21-14/h2,25H,3,5-12H2,1H3. The lowest BCUT2D eigenvalue weighted by Crippen LogP contribution is -2.37. The smallest absolute Gasteiger partial charge is 0.410 e. The molecule has 0 fully saturated rings. The van der Waals surface area contributed by atoms with Crippen molar-refractivity contribution in [1.29, 1.82) is 0 Å². The van der Waals surface area contributed by atoms with Crippen molar-refractivity contribution in [3.05, 3.63) is 17.0 Å². The normalized spacial score (nSPS) is 24.2. The fraction of sp³-hybridized carbons (Fsp3) is 0.667. The lowest BCUT2D eigenvalue weighted by Gasteiger charge is -2.27. The second-order valence-electron chi connectivity index (χ2n) is 6.95. The molecule has 2 aliphatic rings. The average Bonchev–Trinajstić information content (AvgIpc) is 2.93. The zero-order valence-corrected chi connectivity index (χ0v) is 14.8. The van der Waals surface area contributed by atoms with Gasteiger partial charge in [0.1, 0.15) is 11.3 Å². The highest BCUT2D eigenvalue weighted by Crippen LogP contribution is 2.42. The zero-order chi connectivity index (χ0) is 18.9. The molecule has 0 bridgehead atoms. The van der Waals surface area contributed by atoms with Crippen molar-refractivity contribution >= 4 is 6.09 Å². The van der Waals surface area contributed by atoms with Crippen LogP contribution in [0.1, 0.15) is 49.6 Å². The van der Waals surface area contributed by atoms with Crippen LogP contribution in [0, 0.1) is 12.3 Å². The number of fused-ring (bicyclic) bond motifs is 3. The summed E-state index contributed by atoms with van der Waals surface area (Å²) in [5.41, 5.74) is -1.03. The Labute approximate surface area is 151 Å². The third-order valence-corrected chi connectivity index (χ3v) is 4.96. The fourth-order valence-corrected chi connectivity index (χ4v) is 3.43. The molecule has 8 heteroatoms. The molecule has 142 valence electrons. The van der Waals surface area contributed by atoms with Crippen molar-refractivity contribution in [2.45, 2.75) is 63.6 Å². The van der Waals surface area contributed by atoms with Crippen LogP contribution in [-0.4, -0.2) is 44.6 Å². The summed E-state index contributed by atoms with van der Waals surface area (Å²) in [5, 5.41) is 14.6. The van der Waals surface area contributed by atoms with E-state index < -0.39 is 24.0 Å². The van der Waals surface area contributed by atoms with E-state index in [2.05, 4.69) is 11.0 Å². The number of terminal acetylenes is 1. The Bertz CT molecular complexity index is 741. The van der Waals surface area contributed by atoms with Crippen LogP contribution in [0.5, 0.6) is 0 Å². The van der Waals surface area contributed by atoms with E-state index in [0.717, 1.165) is 17.5 Å². The van der Waals surface area contributed by atoms with Crippen LogP contribution >= 0.6 is 0 Å². The molecule has 1 aromatic heterocycles. The maximum Gasteiger partial charge on any atom is 0.410 e. The summed E-state index contributed by atoms with van der Waals surface area (Å²) in [6.45, 7) is 2.51. The molecule has 0 aromatic carbocycles. The predicted octanol–water partition coefficient (Wildman–Crippen LogP) is 2.43. The third kappa shape index (κ3) is 3.40. The number of carbonyl (C=O) groups is 1. The number of aliphatic hydroxyl groups is 1. The first kappa shape index (κ1) is 18.6. The Balaban J connectivity index is 1.88. The highest BCUT2D eigenvalue weighted by atomic mass is 19.3. The molecule has 3 rings (SSSR count). The molecular formula is C18H23F2N3O3. The number of nitrogens with zero attached hydrogens (tertiary/aromatic N) is 3. The van der Waals surface area contributed by atoms with Gasteiger partial charge in [-0.1, -0.05) is 19.3 Å². The molecule has 0 radical (unpaired) electrons. The molecule has 0 spiro atoms. The Hall–Kier alpha value is -2.14. The minimum atomic E-state index is -3.17. The van der Waals surface area contributed by atoms with Gasteiger partial charge in [0.25, 0.3) is 5.92 Å². The summed E-state index contributed by atoms with van der Waals surface area (Å²) >= 11 is 0. The van der Waals surface area contributed by atoms with Gasteiger partial charge in [0.05, 0.1) is 25.4 Å². The van der Waals surface area contributed by atoms with E-state index in [1.807, 2.05) is 6.92 Å². The van der Waals surface area contributed by atoms with Gasteiger partial charge >= 0.3 is 6.09 Å². The van der Waals surface area contributed by atoms with Crippen LogP contribution in [0.15, 0.2) is 0 Å². The van der Waals surface area contributed by atoms with E-state index in [-0.39, 0.29) is 25.2 Å². The van der Waals surface area contributed by atoms with E-state index in [4.69, 9.17) is 11.2 Å². The van der Waals surface area contributed by atoms with Crippen molar-refractivity contribution in [3.8, 4) is 12.3 Å². The van der Waals surface area contributed by atoms with E-state index in [1.54, 1.807) is 0 Å². The Morgan fingerprint density at radius 3 is 2.92 bits per heavy atom. The number of carbonyl (C=O) groups excluding carboxylic acids is 1. The number of rotatable bonds is 3. The zero-order valence-electron chi connectivity index (χ0n) is 14.8. The summed E-state index contributed by atoms with van der Waals surface area (Å²) < 4.78 is 35.8. The molecule has 1 atom stereocenters. The lowest BCUT2D eigenvalue weighted by atomic mass is 9.96. The molecule has 1 aromatic rings. The molecule has 1 N–H and O–H groups in total. The van der Waals surface area contributed by atoms with Crippen molar-refractivity contribution < 1.29 is 23.4 Å². The SMILES string of the molecule is C#CC1(O)CCC(F)(F)c2c3c(nn2C1)CCN(C(=O)OCCCC)C3. The van der Waals surface area contributed by atoms with Crippen molar-refractivity contribution in [2.75, 3.05) is 13.2 Å². The Kier molecular flexibility index (Phi) is 4.93. The van der Waals surface area contributed by atoms with E-state index in [1.165, 1.54) is 4.90 Å². The quantitative estimate of drug-likeness (QED) is 0.658. The Morgan fingerprint density at radius 2 is 2.23 bits per heavy atom. The molecule has 1 amide bonds. The topological polar surface area (TPSA) is 67.6 Å². The summed E-state index contributed by atoms with van der Waals surface area (Å²) in [6.07, 6.45) is 6.09. The monoisotopic (exact) mass is 367 g/mol. The van der Waals surface area contributed by atoms with Crippen LogP contribution in [0.2, 0.25) is 0 Å². The minimum Gasteiger partial charge on any atom is -0.449 e. The number of aromatic nitrogens is 2. The maximum atomic E-state index is 14.8. The predicted molar refractivity (Wildman–Crippen MR) is 89.5 cm³/mol. The van der Waals surface area contributed by atoms with Crippen LogP contribution < -0.4 is 0 Å².